The highest BCUT2D eigenvalue weighted by Gasteiger charge is 2.26. The van der Waals surface area contributed by atoms with Crippen molar-refractivity contribution in [3.8, 4) is 0 Å². The van der Waals surface area contributed by atoms with Crippen molar-refractivity contribution in [1.29, 1.82) is 0 Å². The van der Waals surface area contributed by atoms with E-state index in [0.29, 0.717) is 12.1 Å². The molecule has 2 heteroatoms. The highest BCUT2D eigenvalue weighted by molar-refractivity contribution is 4.84. The van der Waals surface area contributed by atoms with Crippen LogP contribution in [0.15, 0.2) is 0 Å². The van der Waals surface area contributed by atoms with Crippen molar-refractivity contribution >= 4 is 0 Å². The van der Waals surface area contributed by atoms with E-state index in [4.69, 9.17) is 4.74 Å². The van der Waals surface area contributed by atoms with Crippen LogP contribution in [-0.2, 0) is 4.74 Å². The maximum Gasteiger partial charge on any atom is 0.0589 e. The van der Waals surface area contributed by atoms with Gasteiger partial charge in [0.1, 0.15) is 0 Å². The SMILES string of the molecule is CCCC1CC(NC2CCCCCC2C)CCO1. The Morgan fingerprint density at radius 3 is 2.78 bits per heavy atom. The molecule has 4 unspecified atom stereocenters. The zero-order valence-corrected chi connectivity index (χ0v) is 12.3. The number of hydrogen-bond acceptors (Lipinski definition) is 2. The molecule has 0 aromatic heterocycles. The molecule has 106 valence electrons. The third-order valence-electron chi connectivity index (χ3n) is 4.79. The van der Waals surface area contributed by atoms with Crippen LogP contribution in [0.2, 0.25) is 0 Å². The van der Waals surface area contributed by atoms with E-state index < -0.39 is 0 Å². The van der Waals surface area contributed by atoms with Gasteiger partial charge >= 0.3 is 0 Å². The molecule has 0 amide bonds. The van der Waals surface area contributed by atoms with Crippen LogP contribution < -0.4 is 5.32 Å². The summed E-state index contributed by atoms with van der Waals surface area (Å²) in [5, 5.41) is 3.96. The molecule has 0 aromatic carbocycles. The van der Waals surface area contributed by atoms with Gasteiger partial charge in [-0.25, -0.2) is 0 Å². The van der Waals surface area contributed by atoms with Crippen molar-refractivity contribution in [2.75, 3.05) is 6.61 Å². The Bertz CT molecular complexity index is 229. The fourth-order valence-corrected chi connectivity index (χ4v) is 3.60. The van der Waals surface area contributed by atoms with Crippen molar-refractivity contribution < 1.29 is 4.74 Å². The third-order valence-corrected chi connectivity index (χ3v) is 4.79. The molecule has 0 spiro atoms. The molecule has 0 radical (unpaired) electrons. The molecule has 0 aromatic rings. The lowest BCUT2D eigenvalue weighted by atomic mass is 9.93. The lowest BCUT2D eigenvalue weighted by Crippen LogP contribution is -2.46. The van der Waals surface area contributed by atoms with E-state index in [-0.39, 0.29) is 0 Å². The van der Waals surface area contributed by atoms with Gasteiger partial charge in [0.05, 0.1) is 6.10 Å². The summed E-state index contributed by atoms with van der Waals surface area (Å²) in [6.45, 7) is 5.66. The molecule has 1 heterocycles. The second-order valence-corrected chi connectivity index (χ2v) is 6.39. The van der Waals surface area contributed by atoms with Gasteiger partial charge in [0.25, 0.3) is 0 Å². The second-order valence-electron chi connectivity index (χ2n) is 6.39. The number of hydrogen-bond donors (Lipinski definition) is 1. The van der Waals surface area contributed by atoms with Crippen molar-refractivity contribution in [2.45, 2.75) is 89.8 Å². The Balaban J connectivity index is 1.80. The molecule has 4 atom stereocenters. The summed E-state index contributed by atoms with van der Waals surface area (Å²) in [5.74, 6) is 0.861. The molecule has 1 N–H and O–H groups in total. The monoisotopic (exact) mass is 253 g/mol. The van der Waals surface area contributed by atoms with Gasteiger partial charge in [0, 0.05) is 18.7 Å². The van der Waals surface area contributed by atoms with Crippen molar-refractivity contribution in [2.24, 2.45) is 5.92 Å². The Labute approximate surface area is 113 Å². The van der Waals surface area contributed by atoms with Crippen LogP contribution in [0.4, 0.5) is 0 Å². The predicted octanol–water partition coefficient (Wildman–Crippen LogP) is 3.89. The van der Waals surface area contributed by atoms with Gasteiger partial charge in [-0.1, -0.05) is 39.5 Å². The van der Waals surface area contributed by atoms with Gasteiger partial charge < -0.3 is 10.1 Å². The number of nitrogens with one attached hydrogen (secondary N) is 1. The van der Waals surface area contributed by atoms with Crippen LogP contribution in [0.5, 0.6) is 0 Å². The van der Waals surface area contributed by atoms with Crippen LogP contribution in [0.3, 0.4) is 0 Å². The summed E-state index contributed by atoms with van der Waals surface area (Å²) in [5.41, 5.74) is 0. The normalized spacial score (nSPS) is 38.3. The zero-order chi connectivity index (χ0) is 12.8. The smallest absolute Gasteiger partial charge is 0.0589 e. The van der Waals surface area contributed by atoms with E-state index >= 15 is 0 Å². The topological polar surface area (TPSA) is 21.3 Å². The highest BCUT2D eigenvalue weighted by atomic mass is 16.5. The minimum atomic E-state index is 0.516. The molecule has 2 aliphatic rings. The van der Waals surface area contributed by atoms with Crippen LogP contribution in [0.25, 0.3) is 0 Å². The Kier molecular flexibility index (Phi) is 5.97. The molecular weight excluding hydrogens is 222 g/mol. The fraction of sp³-hybridized carbons (Fsp3) is 1.00. The first-order valence-corrected chi connectivity index (χ1v) is 8.17. The summed E-state index contributed by atoms with van der Waals surface area (Å²) in [7, 11) is 0. The standard InChI is InChI=1S/C16H31NO/c1-3-7-15-12-14(10-11-18-15)17-16-9-6-4-5-8-13(16)2/h13-17H,3-12H2,1-2H3. The van der Waals surface area contributed by atoms with Crippen LogP contribution in [0, 0.1) is 5.92 Å². The minimum absolute atomic E-state index is 0.516. The molecular formula is C16H31NO. The van der Waals surface area contributed by atoms with Gasteiger partial charge in [-0.2, -0.15) is 0 Å². The van der Waals surface area contributed by atoms with Gasteiger partial charge in [-0.05, 0) is 38.0 Å². The second kappa shape index (κ2) is 7.49. The third kappa shape index (κ3) is 4.24. The van der Waals surface area contributed by atoms with E-state index in [2.05, 4.69) is 19.2 Å². The van der Waals surface area contributed by atoms with Gasteiger partial charge in [0.15, 0.2) is 0 Å². The Morgan fingerprint density at radius 2 is 1.94 bits per heavy atom. The average molecular weight is 253 g/mol. The van der Waals surface area contributed by atoms with Crippen LogP contribution in [-0.4, -0.2) is 24.8 Å². The molecule has 1 saturated heterocycles. The fourth-order valence-electron chi connectivity index (χ4n) is 3.60. The average Bonchev–Trinajstić information content (AvgIpc) is 2.56. The van der Waals surface area contributed by atoms with Crippen molar-refractivity contribution in [3.63, 3.8) is 0 Å². The lowest BCUT2D eigenvalue weighted by Gasteiger charge is -2.34. The van der Waals surface area contributed by atoms with Crippen molar-refractivity contribution in [1.82, 2.24) is 5.32 Å². The Hall–Kier alpha value is -0.0800. The largest absolute Gasteiger partial charge is 0.378 e. The van der Waals surface area contributed by atoms with Gasteiger partial charge in [-0.3, -0.25) is 0 Å². The zero-order valence-electron chi connectivity index (χ0n) is 12.3. The van der Waals surface area contributed by atoms with E-state index in [1.165, 1.54) is 57.8 Å². The summed E-state index contributed by atoms with van der Waals surface area (Å²) in [6.07, 6.45) is 12.5. The summed E-state index contributed by atoms with van der Waals surface area (Å²) >= 11 is 0. The predicted molar refractivity (Wildman–Crippen MR) is 76.8 cm³/mol. The summed E-state index contributed by atoms with van der Waals surface area (Å²) < 4.78 is 5.85. The maximum absolute atomic E-state index is 5.85. The molecule has 2 rings (SSSR count). The lowest BCUT2D eigenvalue weighted by molar-refractivity contribution is -0.00632. The quantitative estimate of drug-likeness (QED) is 0.767. The minimum Gasteiger partial charge on any atom is -0.378 e. The van der Waals surface area contributed by atoms with E-state index in [0.717, 1.165) is 18.6 Å². The van der Waals surface area contributed by atoms with E-state index in [9.17, 15) is 0 Å². The molecule has 1 aliphatic carbocycles. The number of ether oxygens (including phenoxy) is 1. The number of rotatable bonds is 4. The molecule has 1 saturated carbocycles. The molecule has 2 nitrogen and oxygen atoms in total. The van der Waals surface area contributed by atoms with Crippen LogP contribution in [0.1, 0.15) is 71.6 Å². The first-order chi connectivity index (χ1) is 8.79. The van der Waals surface area contributed by atoms with Gasteiger partial charge in [-0.15, -0.1) is 0 Å². The molecule has 18 heavy (non-hydrogen) atoms. The van der Waals surface area contributed by atoms with E-state index in [1.807, 2.05) is 0 Å². The first kappa shape index (κ1) is 14.3. The Morgan fingerprint density at radius 1 is 1.11 bits per heavy atom. The molecule has 2 fully saturated rings. The van der Waals surface area contributed by atoms with Crippen LogP contribution >= 0.6 is 0 Å². The van der Waals surface area contributed by atoms with Gasteiger partial charge in [0.2, 0.25) is 0 Å². The first-order valence-electron chi connectivity index (χ1n) is 8.17. The van der Waals surface area contributed by atoms with Crippen molar-refractivity contribution in [3.05, 3.63) is 0 Å². The molecule has 1 aliphatic heterocycles. The maximum atomic E-state index is 5.85. The summed E-state index contributed by atoms with van der Waals surface area (Å²) in [4.78, 5) is 0. The van der Waals surface area contributed by atoms with E-state index in [1.54, 1.807) is 0 Å². The molecule has 0 bridgehead atoms. The highest BCUT2D eigenvalue weighted by Crippen LogP contribution is 2.25. The summed E-state index contributed by atoms with van der Waals surface area (Å²) in [6, 6.07) is 1.47.